The number of amides is 3. The second-order valence-corrected chi connectivity index (χ2v) is 7.44. The molecule has 0 unspecified atom stereocenters. The van der Waals surface area contributed by atoms with Gasteiger partial charge in [-0.1, -0.05) is 0 Å². The van der Waals surface area contributed by atoms with Crippen molar-refractivity contribution in [2.24, 2.45) is 0 Å². The average molecular weight is 432 g/mol. The number of carbonyl (C=O) groups is 3. The minimum absolute atomic E-state index is 0.0331. The predicted octanol–water partition coefficient (Wildman–Crippen LogP) is 1.96. The molecule has 3 amide bonds. The minimum atomic E-state index is -0.459. The van der Waals surface area contributed by atoms with E-state index in [1.54, 1.807) is 25.2 Å². The van der Waals surface area contributed by atoms with Gasteiger partial charge in [-0.2, -0.15) is 10.4 Å². The number of furan rings is 1. The lowest BCUT2D eigenvalue weighted by Crippen LogP contribution is -2.29. The molecule has 0 saturated carbocycles. The molecule has 0 saturated heterocycles. The third-order valence-electron chi connectivity index (χ3n) is 5.36. The Morgan fingerprint density at radius 1 is 1.28 bits per heavy atom. The second-order valence-electron chi connectivity index (χ2n) is 7.44. The summed E-state index contributed by atoms with van der Waals surface area (Å²) in [5.41, 5.74) is 7.36. The summed E-state index contributed by atoms with van der Waals surface area (Å²) in [6.07, 6.45) is 2.56. The highest BCUT2D eigenvalue weighted by Gasteiger charge is 2.36. The van der Waals surface area contributed by atoms with Gasteiger partial charge in [0, 0.05) is 19.2 Å². The maximum absolute atomic E-state index is 12.8. The van der Waals surface area contributed by atoms with E-state index in [0.717, 1.165) is 4.90 Å². The molecule has 0 radical (unpaired) electrons. The third-order valence-corrected chi connectivity index (χ3v) is 5.36. The van der Waals surface area contributed by atoms with Gasteiger partial charge in [-0.15, -0.1) is 0 Å². The number of aromatic nitrogens is 2. The number of imide groups is 1. The SMILES string of the molecule is CN(CCCc1[nH]nc(N)c1C#N)C(=O)c1ccc2c(c1)C(=O)N(Cc1ccco1)C2=O. The van der Waals surface area contributed by atoms with Gasteiger partial charge in [0.05, 0.1) is 29.6 Å². The number of aryl methyl sites for hydroxylation is 1. The van der Waals surface area contributed by atoms with Crippen molar-refractivity contribution in [2.75, 3.05) is 19.3 Å². The van der Waals surface area contributed by atoms with Crippen molar-refractivity contribution in [3.05, 3.63) is 70.3 Å². The standard InChI is InChI=1S/C22H20N6O4/c1-27(8-2-5-18-17(11-23)19(24)26-25-18)20(29)13-6-7-15-16(10-13)22(31)28(21(15)30)12-14-4-3-9-32-14/h3-4,6-7,9-10H,2,5,8,12H2,1H3,(H3,24,25,26). The summed E-state index contributed by atoms with van der Waals surface area (Å²) in [5, 5.41) is 15.7. The van der Waals surface area contributed by atoms with E-state index in [1.165, 1.54) is 23.3 Å². The van der Waals surface area contributed by atoms with Gasteiger partial charge in [0.15, 0.2) is 5.82 Å². The molecule has 0 bridgehead atoms. The van der Waals surface area contributed by atoms with Crippen molar-refractivity contribution in [2.45, 2.75) is 19.4 Å². The molecule has 162 valence electrons. The molecule has 0 atom stereocenters. The Hall–Kier alpha value is -4.39. The fourth-order valence-corrected chi connectivity index (χ4v) is 3.64. The van der Waals surface area contributed by atoms with E-state index in [0.29, 0.717) is 42.0 Å². The van der Waals surface area contributed by atoms with Gasteiger partial charge in [-0.25, -0.2) is 0 Å². The Kier molecular flexibility index (Phi) is 5.47. The lowest BCUT2D eigenvalue weighted by atomic mass is 10.0. The molecule has 1 aromatic carbocycles. The Morgan fingerprint density at radius 2 is 2.06 bits per heavy atom. The van der Waals surface area contributed by atoms with E-state index in [1.807, 2.05) is 6.07 Å². The lowest BCUT2D eigenvalue weighted by molar-refractivity contribution is 0.0631. The van der Waals surface area contributed by atoms with Gasteiger partial charge < -0.3 is 15.1 Å². The first-order chi connectivity index (χ1) is 15.4. The number of rotatable bonds is 7. The number of fused-ring (bicyclic) bond motifs is 1. The molecule has 0 aliphatic carbocycles. The molecule has 1 aliphatic rings. The van der Waals surface area contributed by atoms with E-state index in [-0.39, 0.29) is 29.4 Å². The van der Waals surface area contributed by atoms with Crippen molar-refractivity contribution in [3.63, 3.8) is 0 Å². The first kappa shape index (κ1) is 20.9. The van der Waals surface area contributed by atoms with Crippen molar-refractivity contribution in [1.29, 1.82) is 5.26 Å². The van der Waals surface area contributed by atoms with E-state index in [9.17, 15) is 14.4 Å². The summed E-state index contributed by atoms with van der Waals surface area (Å²) in [6.45, 7) is 0.447. The number of carbonyl (C=O) groups excluding carboxylic acids is 3. The van der Waals surface area contributed by atoms with Gasteiger partial charge in [-0.3, -0.25) is 24.4 Å². The van der Waals surface area contributed by atoms with Crippen LogP contribution in [0.15, 0.2) is 41.0 Å². The van der Waals surface area contributed by atoms with Crippen LogP contribution in [-0.2, 0) is 13.0 Å². The molecule has 1 aliphatic heterocycles. The number of hydrogen-bond donors (Lipinski definition) is 2. The Labute approximate surface area is 183 Å². The molecule has 3 aromatic rings. The molecule has 3 heterocycles. The quantitative estimate of drug-likeness (QED) is 0.542. The average Bonchev–Trinajstić information content (AvgIpc) is 3.49. The number of nitrogen functional groups attached to an aromatic ring is 1. The second kappa shape index (κ2) is 8.39. The molecule has 0 fully saturated rings. The van der Waals surface area contributed by atoms with Gasteiger partial charge in [0.1, 0.15) is 17.4 Å². The number of nitrogens with two attached hydrogens (primary N) is 1. The number of nitrogens with one attached hydrogen (secondary N) is 1. The summed E-state index contributed by atoms with van der Waals surface area (Å²) in [7, 11) is 1.65. The molecular weight excluding hydrogens is 412 g/mol. The fourth-order valence-electron chi connectivity index (χ4n) is 3.64. The van der Waals surface area contributed by atoms with Crippen LogP contribution in [0.5, 0.6) is 0 Å². The zero-order valence-electron chi connectivity index (χ0n) is 17.3. The topological polar surface area (TPSA) is 149 Å². The smallest absolute Gasteiger partial charge is 0.261 e. The molecule has 2 aromatic heterocycles. The van der Waals surface area contributed by atoms with Crippen LogP contribution in [0.4, 0.5) is 5.82 Å². The van der Waals surface area contributed by atoms with Crippen molar-refractivity contribution in [1.82, 2.24) is 20.0 Å². The Morgan fingerprint density at radius 3 is 2.78 bits per heavy atom. The monoisotopic (exact) mass is 432 g/mol. The maximum atomic E-state index is 12.8. The summed E-state index contributed by atoms with van der Waals surface area (Å²) in [5.74, 6) is -0.498. The predicted molar refractivity (Wildman–Crippen MR) is 112 cm³/mol. The number of nitrogens with zero attached hydrogens (tertiary/aromatic N) is 4. The number of H-pyrrole nitrogens is 1. The van der Waals surface area contributed by atoms with Crippen LogP contribution in [0.25, 0.3) is 0 Å². The highest BCUT2D eigenvalue weighted by molar-refractivity contribution is 6.22. The summed E-state index contributed by atoms with van der Waals surface area (Å²) in [4.78, 5) is 40.8. The highest BCUT2D eigenvalue weighted by atomic mass is 16.3. The van der Waals surface area contributed by atoms with E-state index >= 15 is 0 Å². The number of nitriles is 1. The van der Waals surface area contributed by atoms with E-state index < -0.39 is 11.8 Å². The largest absolute Gasteiger partial charge is 0.467 e. The van der Waals surface area contributed by atoms with Crippen molar-refractivity contribution >= 4 is 23.5 Å². The van der Waals surface area contributed by atoms with Gasteiger partial charge >= 0.3 is 0 Å². The van der Waals surface area contributed by atoms with Crippen LogP contribution < -0.4 is 5.73 Å². The van der Waals surface area contributed by atoms with Crippen LogP contribution >= 0.6 is 0 Å². The lowest BCUT2D eigenvalue weighted by Gasteiger charge is -2.17. The Balaban J connectivity index is 1.42. The number of anilines is 1. The van der Waals surface area contributed by atoms with Gasteiger partial charge in [0.25, 0.3) is 17.7 Å². The number of benzene rings is 1. The zero-order chi connectivity index (χ0) is 22.8. The zero-order valence-corrected chi connectivity index (χ0v) is 17.3. The van der Waals surface area contributed by atoms with Crippen LogP contribution in [0.1, 0.15) is 54.5 Å². The van der Waals surface area contributed by atoms with Crippen LogP contribution in [0.2, 0.25) is 0 Å². The number of aromatic amines is 1. The third kappa shape index (κ3) is 3.72. The summed E-state index contributed by atoms with van der Waals surface area (Å²) >= 11 is 0. The van der Waals surface area contributed by atoms with E-state index in [2.05, 4.69) is 10.2 Å². The molecular formula is C22H20N6O4. The van der Waals surface area contributed by atoms with Gasteiger partial charge in [0.2, 0.25) is 0 Å². The molecule has 10 heteroatoms. The summed E-state index contributed by atoms with van der Waals surface area (Å²) in [6, 6.07) is 9.89. The highest BCUT2D eigenvalue weighted by Crippen LogP contribution is 2.26. The van der Waals surface area contributed by atoms with E-state index in [4.69, 9.17) is 15.4 Å². The normalized spacial score (nSPS) is 12.7. The first-order valence-corrected chi connectivity index (χ1v) is 9.91. The van der Waals surface area contributed by atoms with Crippen molar-refractivity contribution < 1.29 is 18.8 Å². The molecule has 32 heavy (non-hydrogen) atoms. The maximum Gasteiger partial charge on any atom is 0.261 e. The minimum Gasteiger partial charge on any atom is -0.467 e. The van der Waals surface area contributed by atoms with Crippen molar-refractivity contribution in [3.8, 4) is 6.07 Å². The molecule has 10 nitrogen and oxygen atoms in total. The van der Waals surface area contributed by atoms with Gasteiger partial charge in [-0.05, 0) is 43.2 Å². The van der Waals surface area contributed by atoms with Crippen LogP contribution in [0, 0.1) is 11.3 Å². The Bertz CT molecular complexity index is 1240. The fraction of sp³-hybridized carbons (Fsp3) is 0.227. The molecule has 3 N–H and O–H groups in total. The number of hydrogen-bond acceptors (Lipinski definition) is 7. The molecule has 4 rings (SSSR count). The molecule has 0 spiro atoms. The van der Waals surface area contributed by atoms with Crippen LogP contribution in [0.3, 0.4) is 0 Å². The first-order valence-electron chi connectivity index (χ1n) is 9.91. The summed E-state index contributed by atoms with van der Waals surface area (Å²) < 4.78 is 5.23. The van der Waals surface area contributed by atoms with Crippen LogP contribution in [-0.4, -0.2) is 51.3 Å².